The van der Waals surface area contributed by atoms with Crippen molar-refractivity contribution in [2.45, 2.75) is 13.0 Å². The van der Waals surface area contributed by atoms with Gasteiger partial charge in [-0.3, -0.25) is 9.59 Å². The second kappa shape index (κ2) is 10.9. The number of ether oxygens (including phenoxy) is 1. The lowest BCUT2D eigenvalue weighted by molar-refractivity contribution is -0.115. The summed E-state index contributed by atoms with van der Waals surface area (Å²) < 4.78 is 29.9. The fraction of sp³-hybridized carbons (Fsp3) is 0.0870. The number of hydrogen-bond donors (Lipinski definition) is 2. The van der Waals surface area contributed by atoms with Crippen LogP contribution in [0.3, 0.4) is 0 Å². The van der Waals surface area contributed by atoms with Gasteiger partial charge >= 0.3 is 6.61 Å². The summed E-state index contributed by atoms with van der Waals surface area (Å²) in [6.45, 7) is -2.93. The second-order valence-electron chi connectivity index (χ2n) is 6.88. The van der Waals surface area contributed by atoms with Crippen molar-refractivity contribution in [1.29, 1.82) is 0 Å². The van der Waals surface area contributed by atoms with E-state index in [4.69, 9.17) is 0 Å². The molecule has 0 saturated carbocycles. The van der Waals surface area contributed by atoms with E-state index in [0.717, 1.165) is 13.7 Å². The third-order valence-electron chi connectivity index (χ3n) is 4.46. The highest BCUT2D eigenvalue weighted by Crippen LogP contribution is 2.33. The van der Waals surface area contributed by atoms with Crippen molar-refractivity contribution >= 4 is 61.8 Å². The van der Waals surface area contributed by atoms with Crippen LogP contribution < -0.4 is 15.4 Å². The van der Waals surface area contributed by atoms with Gasteiger partial charge in [-0.05, 0) is 64.5 Å². The van der Waals surface area contributed by atoms with Crippen molar-refractivity contribution in [1.82, 2.24) is 4.98 Å². The molecule has 2 amide bonds. The van der Waals surface area contributed by atoms with Crippen LogP contribution in [0.5, 0.6) is 5.75 Å². The molecule has 11 heteroatoms. The molecule has 2 aromatic heterocycles. The van der Waals surface area contributed by atoms with Gasteiger partial charge in [0, 0.05) is 11.1 Å². The van der Waals surface area contributed by atoms with E-state index in [1.54, 1.807) is 35.6 Å². The van der Waals surface area contributed by atoms with Gasteiger partial charge < -0.3 is 15.4 Å². The van der Waals surface area contributed by atoms with E-state index in [1.807, 2.05) is 17.5 Å². The second-order valence-corrected chi connectivity index (χ2v) is 10.2. The van der Waals surface area contributed by atoms with Gasteiger partial charge in [0.25, 0.3) is 5.91 Å². The molecule has 0 fully saturated rings. The van der Waals surface area contributed by atoms with E-state index in [2.05, 4.69) is 36.3 Å². The number of thiazole rings is 1. The zero-order valence-corrected chi connectivity index (χ0v) is 20.5. The number of hydrogen-bond acceptors (Lipinski definition) is 6. The number of anilines is 2. The van der Waals surface area contributed by atoms with Gasteiger partial charge in [-0.1, -0.05) is 12.1 Å². The number of carbonyl (C=O) groups excluding carboxylic acids is 2. The smallest absolute Gasteiger partial charge is 0.387 e. The number of alkyl halides is 2. The van der Waals surface area contributed by atoms with E-state index in [0.29, 0.717) is 17.1 Å². The zero-order chi connectivity index (χ0) is 24.1. The first-order valence-electron chi connectivity index (χ1n) is 9.82. The maximum absolute atomic E-state index is 12.8. The maximum Gasteiger partial charge on any atom is 0.387 e. The number of nitrogens with one attached hydrogen (secondary N) is 2. The van der Waals surface area contributed by atoms with Crippen LogP contribution in [0.2, 0.25) is 0 Å². The first-order chi connectivity index (χ1) is 16.4. The van der Waals surface area contributed by atoms with Crippen molar-refractivity contribution in [2.24, 2.45) is 0 Å². The third-order valence-corrected chi connectivity index (χ3v) is 7.14. The molecule has 0 aliphatic rings. The summed E-state index contributed by atoms with van der Waals surface area (Å²) in [6.07, 6.45) is 0.0601. The highest BCUT2D eigenvalue weighted by atomic mass is 79.9. The standard InChI is InChI=1S/C23H16BrF2N3O3S2/c24-19-10-9-18(34-19)22-28-14(12-33-22)11-20(30)29-17-4-2-1-3-16(17)21(31)27-13-5-7-15(8-6-13)32-23(25)26/h1-10,12,23H,11H2,(H,27,31)(H,29,30). The van der Waals surface area contributed by atoms with E-state index in [1.165, 1.54) is 35.6 Å². The maximum atomic E-state index is 12.8. The van der Waals surface area contributed by atoms with E-state index >= 15 is 0 Å². The first-order valence-corrected chi connectivity index (χ1v) is 12.3. The fourth-order valence-corrected chi connectivity index (χ4v) is 5.28. The Morgan fingerprint density at radius 2 is 1.79 bits per heavy atom. The number of nitrogens with zero attached hydrogens (tertiary/aromatic N) is 1. The van der Waals surface area contributed by atoms with Crippen LogP contribution in [0, 0.1) is 0 Å². The topological polar surface area (TPSA) is 80.3 Å². The molecule has 2 aromatic carbocycles. The van der Waals surface area contributed by atoms with Crippen molar-refractivity contribution in [2.75, 3.05) is 10.6 Å². The predicted octanol–water partition coefficient (Wildman–Crippen LogP) is 6.67. The minimum Gasteiger partial charge on any atom is -0.435 e. The Bertz CT molecular complexity index is 1310. The monoisotopic (exact) mass is 563 g/mol. The van der Waals surface area contributed by atoms with E-state index < -0.39 is 12.5 Å². The summed E-state index contributed by atoms with van der Waals surface area (Å²) >= 11 is 6.46. The summed E-state index contributed by atoms with van der Waals surface area (Å²) in [5.74, 6) is -0.784. The largest absolute Gasteiger partial charge is 0.435 e. The Balaban J connectivity index is 1.40. The SMILES string of the molecule is O=C(Cc1csc(-c2ccc(Br)s2)n1)Nc1ccccc1C(=O)Nc1ccc(OC(F)F)cc1. The summed E-state index contributed by atoms with van der Waals surface area (Å²) in [5, 5.41) is 8.12. The average molecular weight is 564 g/mol. The van der Waals surface area contributed by atoms with Crippen LogP contribution in [-0.2, 0) is 11.2 Å². The lowest BCUT2D eigenvalue weighted by atomic mass is 10.1. The van der Waals surface area contributed by atoms with Gasteiger partial charge in [0.2, 0.25) is 5.91 Å². The number of para-hydroxylation sites is 1. The molecule has 0 spiro atoms. The minimum absolute atomic E-state index is 0.0161. The lowest BCUT2D eigenvalue weighted by Gasteiger charge is -2.12. The third kappa shape index (κ3) is 6.25. The molecule has 0 saturated heterocycles. The molecule has 0 aliphatic heterocycles. The van der Waals surface area contributed by atoms with Gasteiger partial charge in [0.05, 0.1) is 32.0 Å². The summed E-state index contributed by atoms with van der Waals surface area (Å²) in [5.41, 5.74) is 1.63. The fourth-order valence-electron chi connectivity index (χ4n) is 3.00. The van der Waals surface area contributed by atoms with Crippen LogP contribution in [0.25, 0.3) is 9.88 Å². The predicted molar refractivity (Wildman–Crippen MR) is 133 cm³/mol. The molecular weight excluding hydrogens is 548 g/mol. The van der Waals surface area contributed by atoms with Crippen molar-refractivity contribution < 1.29 is 23.1 Å². The van der Waals surface area contributed by atoms with Crippen molar-refractivity contribution in [3.05, 3.63) is 81.1 Å². The molecule has 6 nitrogen and oxygen atoms in total. The minimum atomic E-state index is -2.93. The van der Waals surface area contributed by atoms with E-state index in [-0.39, 0.29) is 23.6 Å². The van der Waals surface area contributed by atoms with Gasteiger partial charge in [-0.25, -0.2) is 4.98 Å². The number of thiophene rings is 1. The molecule has 0 bridgehead atoms. The van der Waals surface area contributed by atoms with Crippen molar-refractivity contribution in [3.63, 3.8) is 0 Å². The number of carbonyl (C=O) groups is 2. The highest BCUT2D eigenvalue weighted by Gasteiger charge is 2.16. The number of benzene rings is 2. The lowest BCUT2D eigenvalue weighted by Crippen LogP contribution is -2.19. The molecule has 34 heavy (non-hydrogen) atoms. The molecule has 0 atom stereocenters. The molecular formula is C23H16BrF2N3O3S2. The summed E-state index contributed by atoms with van der Waals surface area (Å²) in [6, 6.07) is 16.0. The molecule has 0 aliphatic carbocycles. The molecule has 174 valence electrons. The molecule has 2 N–H and O–H groups in total. The first kappa shape index (κ1) is 24.0. The van der Waals surface area contributed by atoms with E-state index in [9.17, 15) is 18.4 Å². The Labute approximate surface area is 209 Å². The molecule has 4 aromatic rings. The Hall–Kier alpha value is -3.15. The number of rotatable bonds is 8. The van der Waals surface area contributed by atoms with Crippen LogP contribution in [0.4, 0.5) is 20.2 Å². The van der Waals surface area contributed by atoms with Crippen LogP contribution >= 0.6 is 38.6 Å². The average Bonchev–Trinajstić information content (AvgIpc) is 3.44. The summed E-state index contributed by atoms with van der Waals surface area (Å²) in [4.78, 5) is 30.9. The summed E-state index contributed by atoms with van der Waals surface area (Å²) in [7, 11) is 0. The molecule has 0 unspecified atom stereocenters. The molecule has 2 heterocycles. The quantitative estimate of drug-likeness (QED) is 0.251. The molecule has 4 rings (SSSR count). The normalized spacial score (nSPS) is 10.8. The van der Waals surface area contributed by atoms with Gasteiger partial charge in [0.1, 0.15) is 10.8 Å². The van der Waals surface area contributed by atoms with Gasteiger partial charge in [0.15, 0.2) is 0 Å². The number of halogens is 3. The van der Waals surface area contributed by atoms with Crippen LogP contribution in [-0.4, -0.2) is 23.4 Å². The Morgan fingerprint density at radius 3 is 2.50 bits per heavy atom. The highest BCUT2D eigenvalue weighted by molar-refractivity contribution is 9.11. The molecule has 0 radical (unpaired) electrons. The Morgan fingerprint density at radius 1 is 1.03 bits per heavy atom. The number of amides is 2. The number of aromatic nitrogens is 1. The zero-order valence-electron chi connectivity index (χ0n) is 17.3. The van der Waals surface area contributed by atoms with Gasteiger partial charge in [-0.2, -0.15) is 8.78 Å². The van der Waals surface area contributed by atoms with Gasteiger partial charge in [-0.15, -0.1) is 22.7 Å². The Kier molecular flexibility index (Phi) is 7.66. The van der Waals surface area contributed by atoms with Crippen LogP contribution in [0.15, 0.2) is 69.8 Å². The van der Waals surface area contributed by atoms with Crippen molar-refractivity contribution in [3.8, 4) is 15.6 Å². The van der Waals surface area contributed by atoms with Crippen LogP contribution in [0.1, 0.15) is 16.1 Å².